The summed E-state index contributed by atoms with van der Waals surface area (Å²) in [6.07, 6.45) is 0.261. The van der Waals surface area contributed by atoms with Crippen LogP contribution in [0, 0.1) is 0 Å². The van der Waals surface area contributed by atoms with Crippen molar-refractivity contribution < 1.29 is 19.8 Å². The summed E-state index contributed by atoms with van der Waals surface area (Å²) >= 11 is 0. The Kier molecular flexibility index (Phi) is 5.15. The molecular formula is C9H17NO4. The van der Waals surface area contributed by atoms with Gasteiger partial charge in [-0.1, -0.05) is 0 Å². The topological polar surface area (TPSA) is 86.6 Å². The van der Waals surface area contributed by atoms with Crippen molar-refractivity contribution in [2.75, 3.05) is 6.61 Å². The van der Waals surface area contributed by atoms with Crippen molar-refractivity contribution in [1.29, 1.82) is 0 Å². The van der Waals surface area contributed by atoms with Gasteiger partial charge in [0.1, 0.15) is 0 Å². The number of hydrogen-bond donors (Lipinski definition) is 3. The second kappa shape index (κ2) is 5.59. The number of aliphatic hydroxyl groups excluding tert-OH is 1. The highest BCUT2D eigenvalue weighted by Gasteiger charge is 2.19. The first-order chi connectivity index (χ1) is 6.37. The molecule has 3 N–H and O–H groups in total. The van der Waals surface area contributed by atoms with Crippen LogP contribution in [0.5, 0.6) is 0 Å². The maximum atomic E-state index is 11.2. The quantitative estimate of drug-likeness (QED) is 0.572. The highest BCUT2D eigenvalue weighted by atomic mass is 16.4. The zero-order valence-electron chi connectivity index (χ0n) is 8.54. The van der Waals surface area contributed by atoms with Crippen molar-refractivity contribution in [3.8, 4) is 0 Å². The van der Waals surface area contributed by atoms with Gasteiger partial charge in [-0.15, -0.1) is 0 Å². The average Bonchev–Trinajstić information content (AvgIpc) is 1.99. The third-order valence-corrected chi connectivity index (χ3v) is 1.78. The monoisotopic (exact) mass is 203 g/mol. The first-order valence-electron chi connectivity index (χ1n) is 4.51. The summed E-state index contributed by atoms with van der Waals surface area (Å²) in [6.45, 7) is 3.55. The number of rotatable bonds is 6. The fraction of sp³-hybridized carbons (Fsp3) is 0.778. The molecule has 0 aromatic carbocycles. The summed E-state index contributed by atoms with van der Waals surface area (Å²) in [5.41, 5.74) is -0.482. The van der Waals surface area contributed by atoms with Gasteiger partial charge in [-0.2, -0.15) is 0 Å². The minimum Gasteiger partial charge on any atom is -0.481 e. The number of carboxylic acids is 1. The second-order valence-corrected chi connectivity index (χ2v) is 3.80. The first-order valence-corrected chi connectivity index (χ1v) is 4.51. The van der Waals surface area contributed by atoms with Gasteiger partial charge in [0, 0.05) is 18.6 Å². The summed E-state index contributed by atoms with van der Waals surface area (Å²) in [5, 5.41) is 19.7. The third kappa shape index (κ3) is 6.42. The molecule has 0 fully saturated rings. The van der Waals surface area contributed by atoms with Gasteiger partial charge in [0.2, 0.25) is 5.91 Å². The number of aliphatic hydroxyl groups is 1. The van der Waals surface area contributed by atoms with Gasteiger partial charge in [-0.25, -0.2) is 0 Å². The second-order valence-electron chi connectivity index (χ2n) is 3.80. The molecule has 5 nitrogen and oxygen atoms in total. The van der Waals surface area contributed by atoms with Crippen LogP contribution in [-0.2, 0) is 9.59 Å². The summed E-state index contributed by atoms with van der Waals surface area (Å²) < 4.78 is 0. The molecule has 0 aromatic rings. The Morgan fingerprint density at radius 3 is 2.29 bits per heavy atom. The van der Waals surface area contributed by atoms with Crippen LogP contribution in [0.1, 0.15) is 33.1 Å². The predicted octanol–water partition coefficient (Wildman–Crippen LogP) is 0.128. The van der Waals surface area contributed by atoms with E-state index < -0.39 is 11.5 Å². The van der Waals surface area contributed by atoms with Gasteiger partial charge >= 0.3 is 5.97 Å². The Labute approximate surface area is 83.1 Å². The molecule has 0 atom stereocenters. The number of carbonyl (C=O) groups is 2. The van der Waals surface area contributed by atoms with Crippen molar-refractivity contribution in [1.82, 2.24) is 5.32 Å². The molecular weight excluding hydrogens is 186 g/mol. The lowest BCUT2D eigenvalue weighted by molar-refractivity contribution is -0.139. The molecule has 14 heavy (non-hydrogen) atoms. The van der Waals surface area contributed by atoms with E-state index in [2.05, 4.69) is 5.32 Å². The molecule has 5 heteroatoms. The van der Waals surface area contributed by atoms with Gasteiger partial charge in [-0.3, -0.25) is 9.59 Å². The molecule has 1 amide bonds. The van der Waals surface area contributed by atoms with Gasteiger partial charge < -0.3 is 15.5 Å². The Morgan fingerprint density at radius 2 is 1.86 bits per heavy atom. The average molecular weight is 203 g/mol. The van der Waals surface area contributed by atoms with Crippen LogP contribution in [0.2, 0.25) is 0 Å². The van der Waals surface area contributed by atoms with Crippen LogP contribution in [0.25, 0.3) is 0 Å². The molecule has 0 saturated carbocycles. The van der Waals surface area contributed by atoms with Gasteiger partial charge in [0.05, 0.1) is 6.42 Å². The fourth-order valence-corrected chi connectivity index (χ4v) is 1.00. The molecule has 0 rings (SSSR count). The molecule has 0 aliphatic carbocycles. The van der Waals surface area contributed by atoms with Crippen LogP contribution < -0.4 is 5.32 Å². The Morgan fingerprint density at radius 1 is 1.29 bits per heavy atom. The molecule has 0 heterocycles. The van der Waals surface area contributed by atoms with E-state index in [1.54, 1.807) is 13.8 Å². The number of carboxylic acid groups (broad SMARTS) is 1. The number of amides is 1. The van der Waals surface area contributed by atoms with Gasteiger partial charge in [-0.05, 0) is 20.3 Å². The largest absolute Gasteiger partial charge is 0.481 e. The summed E-state index contributed by atoms with van der Waals surface area (Å²) in [6, 6.07) is 0. The lowest BCUT2D eigenvalue weighted by atomic mass is 10.0. The molecule has 0 unspecified atom stereocenters. The van der Waals surface area contributed by atoms with Crippen LogP contribution in [0.3, 0.4) is 0 Å². The summed E-state index contributed by atoms with van der Waals surface area (Å²) in [7, 11) is 0. The number of nitrogens with one attached hydrogen (secondary N) is 1. The Bertz CT molecular complexity index is 213. The van der Waals surface area contributed by atoms with Crippen LogP contribution in [0.4, 0.5) is 0 Å². The third-order valence-electron chi connectivity index (χ3n) is 1.78. The van der Waals surface area contributed by atoms with Crippen molar-refractivity contribution in [3.05, 3.63) is 0 Å². The smallest absolute Gasteiger partial charge is 0.303 e. The molecule has 0 aliphatic heterocycles. The van der Waals surface area contributed by atoms with Crippen molar-refractivity contribution >= 4 is 11.9 Å². The molecule has 0 bridgehead atoms. The first kappa shape index (κ1) is 12.9. The Hall–Kier alpha value is -1.10. The standard InChI is InChI=1S/C9H17NO4/c1-9(2,5-6-11)10-7(12)3-4-8(13)14/h11H,3-6H2,1-2H3,(H,10,12)(H,13,14). The maximum Gasteiger partial charge on any atom is 0.303 e. The van der Waals surface area contributed by atoms with Crippen LogP contribution in [-0.4, -0.2) is 34.2 Å². The van der Waals surface area contributed by atoms with Crippen molar-refractivity contribution in [2.24, 2.45) is 0 Å². The van der Waals surface area contributed by atoms with E-state index in [9.17, 15) is 9.59 Å². The SMILES string of the molecule is CC(C)(CCO)NC(=O)CCC(=O)O. The van der Waals surface area contributed by atoms with Crippen LogP contribution >= 0.6 is 0 Å². The minimum absolute atomic E-state index is 0.00773. The van der Waals surface area contributed by atoms with Crippen molar-refractivity contribution in [3.63, 3.8) is 0 Å². The fourth-order valence-electron chi connectivity index (χ4n) is 1.00. The zero-order chi connectivity index (χ0) is 11.2. The summed E-state index contributed by atoms with van der Waals surface area (Å²) in [4.78, 5) is 21.4. The van der Waals surface area contributed by atoms with E-state index in [1.165, 1.54) is 0 Å². The normalized spacial score (nSPS) is 11.1. The molecule has 0 aliphatic rings. The number of hydrogen-bond acceptors (Lipinski definition) is 3. The number of carbonyl (C=O) groups excluding carboxylic acids is 1. The maximum absolute atomic E-state index is 11.2. The predicted molar refractivity (Wildman–Crippen MR) is 50.8 cm³/mol. The summed E-state index contributed by atoms with van der Waals surface area (Å²) in [5.74, 6) is -1.29. The lowest BCUT2D eigenvalue weighted by Crippen LogP contribution is -2.44. The molecule has 0 saturated heterocycles. The lowest BCUT2D eigenvalue weighted by Gasteiger charge is -2.25. The van der Waals surface area contributed by atoms with E-state index in [0.29, 0.717) is 6.42 Å². The molecule has 0 radical (unpaired) electrons. The highest BCUT2D eigenvalue weighted by Crippen LogP contribution is 2.07. The zero-order valence-corrected chi connectivity index (χ0v) is 8.54. The number of aliphatic carboxylic acids is 1. The van der Waals surface area contributed by atoms with Gasteiger partial charge in [0.15, 0.2) is 0 Å². The van der Waals surface area contributed by atoms with Gasteiger partial charge in [0.25, 0.3) is 0 Å². The molecule has 82 valence electrons. The van der Waals surface area contributed by atoms with E-state index in [1.807, 2.05) is 0 Å². The van der Waals surface area contributed by atoms with Crippen LogP contribution in [0.15, 0.2) is 0 Å². The Balaban J connectivity index is 3.86. The van der Waals surface area contributed by atoms with E-state index >= 15 is 0 Å². The molecule has 0 aromatic heterocycles. The van der Waals surface area contributed by atoms with E-state index in [-0.39, 0.29) is 25.4 Å². The molecule has 0 spiro atoms. The minimum atomic E-state index is -0.986. The van der Waals surface area contributed by atoms with E-state index in [0.717, 1.165) is 0 Å². The van der Waals surface area contributed by atoms with Crippen molar-refractivity contribution in [2.45, 2.75) is 38.6 Å². The highest BCUT2D eigenvalue weighted by molar-refractivity contribution is 5.81. The van der Waals surface area contributed by atoms with E-state index in [4.69, 9.17) is 10.2 Å².